The number of aromatic amines is 1. The van der Waals surface area contributed by atoms with Crippen LogP contribution in [0.3, 0.4) is 0 Å². The van der Waals surface area contributed by atoms with Crippen LogP contribution in [0.25, 0.3) is 10.8 Å². The Labute approximate surface area is 171 Å². The third kappa shape index (κ3) is 3.67. The number of hydrogen-bond donors (Lipinski definition) is 1. The Morgan fingerprint density at radius 1 is 1.07 bits per heavy atom. The normalized spacial score (nSPS) is 14.0. The molecule has 3 aromatic rings. The fourth-order valence-corrected chi connectivity index (χ4v) is 3.67. The van der Waals surface area contributed by atoms with Crippen LogP contribution in [0.1, 0.15) is 12.0 Å². The molecular weight excluding hydrogens is 384 g/mol. The molecule has 0 unspecified atom stereocenters. The van der Waals surface area contributed by atoms with Crippen LogP contribution in [-0.4, -0.2) is 51.8 Å². The van der Waals surface area contributed by atoms with Crippen LogP contribution in [0.2, 0.25) is 0 Å². The second-order valence-corrected chi connectivity index (χ2v) is 7.05. The van der Waals surface area contributed by atoms with Crippen molar-refractivity contribution in [3.63, 3.8) is 0 Å². The summed E-state index contributed by atoms with van der Waals surface area (Å²) in [5, 5.41) is 12.5. The van der Waals surface area contributed by atoms with Crippen molar-refractivity contribution in [1.82, 2.24) is 19.7 Å². The smallest absolute Gasteiger partial charge is 0.273 e. The van der Waals surface area contributed by atoms with Gasteiger partial charge in [0.15, 0.2) is 0 Å². The minimum absolute atomic E-state index is 0.0860. The predicted octanol–water partition coefficient (Wildman–Crippen LogP) is 0.695. The topological polar surface area (TPSA) is 115 Å². The number of carbonyl (C=O) groups excluding carboxylic acids is 1. The number of aryl methyl sites for hydroxylation is 1. The van der Waals surface area contributed by atoms with Crippen LogP contribution in [0.15, 0.2) is 52.2 Å². The molecule has 9 heteroatoms. The van der Waals surface area contributed by atoms with E-state index >= 15 is 0 Å². The van der Waals surface area contributed by atoms with E-state index < -0.39 is 0 Å². The minimum atomic E-state index is -0.352. The molecule has 152 valence electrons. The maximum atomic E-state index is 12.6. The molecule has 1 N–H and O–H groups in total. The van der Waals surface area contributed by atoms with Gasteiger partial charge >= 0.3 is 0 Å². The number of anilines is 1. The van der Waals surface area contributed by atoms with Gasteiger partial charge in [0.25, 0.3) is 11.1 Å². The van der Waals surface area contributed by atoms with Crippen LogP contribution in [-0.2, 0) is 11.3 Å². The van der Waals surface area contributed by atoms with Gasteiger partial charge in [-0.05, 0) is 24.3 Å². The van der Waals surface area contributed by atoms with Crippen molar-refractivity contribution in [2.24, 2.45) is 0 Å². The average Bonchev–Trinajstić information content (AvgIpc) is 2.80. The second-order valence-electron chi connectivity index (χ2n) is 7.05. The lowest BCUT2D eigenvalue weighted by Gasteiger charge is -2.35. The van der Waals surface area contributed by atoms with Gasteiger partial charge in [0.1, 0.15) is 11.9 Å². The summed E-state index contributed by atoms with van der Waals surface area (Å²) in [6, 6.07) is 12.2. The highest BCUT2D eigenvalue weighted by atomic mass is 16.2. The zero-order valence-corrected chi connectivity index (χ0v) is 16.2. The number of aromatic nitrogens is 3. The van der Waals surface area contributed by atoms with Crippen molar-refractivity contribution in [3.05, 3.63) is 68.9 Å². The first-order valence-electron chi connectivity index (χ1n) is 9.68. The van der Waals surface area contributed by atoms with Gasteiger partial charge in [-0.3, -0.25) is 19.5 Å². The Bertz CT molecular complexity index is 1250. The Morgan fingerprint density at radius 3 is 2.53 bits per heavy atom. The fraction of sp³-hybridized carbons (Fsp3) is 0.286. The monoisotopic (exact) mass is 404 g/mol. The molecule has 1 saturated heterocycles. The molecule has 9 nitrogen and oxygen atoms in total. The van der Waals surface area contributed by atoms with Crippen LogP contribution in [0, 0.1) is 11.3 Å². The summed E-state index contributed by atoms with van der Waals surface area (Å²) in [6.07, 6.45) is 1.76. The van der Waals surface area contributed by atoms with Crippen molar-refractivity contribution < 1.29 is 4.79 Å². The van der Waals surface area contributed by atoms with Gasteiger partial charge in [0.05, 0.1) is 22.9 Å². The molecule has 0 radical (unpaired) electrons. The minimum Gasteiger partial charge on any atom is -0.352 e. The standard InChI is InChI=1S/C21H20N6O3/c22-14-15-4-3-8-23-19(15)26-12-10-25(11-13-26)18(28)7-9-27-21(30)17-6-2-1-5-16(17)20(29)24-27/h1-6,8H,7,9-13H2,(H,24,29). The quantitative estimate of drug-likeness (QED) is 0.684. The molecule has 2 aromatic heterocycles. The van der Waals surface area contributed by atoms with E-state index in [1.54, 1.807) is 47.5 Å². The second kappa shape index (κ2) is 8.21. The molecule has 1 aliphatic heterocycles. The Hall–Kier alpha value is -3.93. The maximum Gasteiger partial charge on any atom is 0.273 e. The lowest BCUT2D eigenvalue weighted by atomic mass is 10.2. The van der Waals surface area contributed by atoms with E-state index in [1.807, 2.05) is 4.90 Å². The average molecular weight is 404 g/mol. The molecule has 0 atom stereocenters. The zero-order valence-electron chi connectivity index (χ0n) is 16.2. The summed E-state index contributed by atoms with van der Waals surface area (Å²) in [5.74, 6) is 0.546. The van der Waals surface area contributed by atoms with Crippen molar-refractivity contribution in [1.29, 1.82) is 5.26 Å². The molecule has 0 aliphatic carbocycles. The Morgan fingerprint density at radius 2 is 1.80 bits per heavy atom. The molecule has 0 spiro atoms. The molecule has 1 fully saturated rings. The number of amides is 1. The van der Waals surface area contributed by atoms with Gasteiger partial charge in [-0.25, -0.2) is 9.67 Å². The highest BCUT2D eigenvalue weighted by molar-refractivity contribution is 5.80. The van der Waals surface area contributed by atoms with Crippen molar-refractivity contribution in [3.8, 4) is 6.07 Å². The predicted molar refractivity (Wildman–Crippen MR) is 111 cm³/mol. The molecule has 30 heavy (non-hydrogen) atoms. The van der Waals surface area contributed by atoms with E-state index in [4.69, 9.17) is 0 Å². The van der Waals surface area contributed by atoms with Gasteiger partial charge in [0, 0.05) is 38.8 Å². The molecule has 1 amide bonds. The first-order chi connectivity index (χ1) is 14.6. The van der Waals surface area contributed by atoms with E-state index in [2.05, 4.69) is 16.2 Å². The summed E-state index contributed by atoms with van der Waals surface area (Å²) >= 11 is 0. The number of benzene rings is 1. The lowest BCUT2D eigenvalue weighted by molar-refractivity contribution is -0.131. The van der Waals surface area contributed by atoms with Gasteiger partial charge in [-0.2, -0.15) is 5.26 Å². The van der Waals surface area contributed by atoms with E-state index in [-0.39, 0.29) is 30.0 Å². The summed E-state index contributed by atoms with van der Waals surface area (Å²) in [6.45, 7) is 2.26. The highest BCUT2D eigenvalue weighted by Gasteiger charge is 2.23. The molecule has 0 bridgehead atoms. The molecule has 4 rings (SSSR count). The van der Waals surface area contributed by atoms with E-state index in [9.17, 15) is 19.6 Å². The van der Waals surface area contributed by atoms with Gasteiger partial charge < -0.3 is 9.80 Å². The number of rotatable bonds is 4. The number of H-pyrrole nitrogens is 1. The van der Waals surface area contributed by atoms with Crippen molar-refractivity contribution >= 4 is 22.5 Å². The maximum absolute atomic E-state index is 12.6. The number of piperazine rings is 1. The van der Waals surface area contributed by atoms with Crippen molar-refractivity contribution in [2.45, 2.75) is 13.0 Å². The Kier molecular flexibility index (Phi) is 5.30. The van der Waals surface area contributed by atoms with E-state index in [0.29, 0.717) is 48.3 Å². The van der Waals surface area contributed by atoms with E-state index in [1.165, 1.54) is 4.68 Å². The Balaban J connectivity index is 1.40. The first-order valence-corrected chi connectivity index (χ1v) is 9.68. The van der Waals surface area contributed by atoms with E-state index in [0.717, 1.165) is 0 Å². The zero-order chi connectivity index (χ0) is 21.1. The first kappa shape index (κ1) is 19.4. The number of fused-ring (bicyclic) bond motifs is 1. The van der Waals surface area contributed by atoms with Gasteiger partial charge in [-0.15, -0.1) is 0 Å². The number of nitrogens with zero attached hydrogens (tertiary/aromatic N) is 5. The van der Waals surface area contributed by atoms with Crippen LogP contribution in [0.4, 0.5) is 5.82 Å². The largest absolute Gasteiger partial charge is 0.352 e. The SMILES string of the molecule is N#Cc1cccnc1N1CCN(C(=O)CCn2[nH]c(=O)c3ccccc3c2=O)CC1. The van der Waals surface area contributed by atoms with Crippen molar-refractivity contribution in [2.75, 3.05) is 31.1 Å². The number of nitriles is 1. The molecule has 1 aromatic carbocycles. The number of nitrogens with one attached hydrogen (secondary N) is 1. The molecule has 3 heterocycles. The highest BCUT2D eigenvalue weighted by Crippen LogP contribution is 2.18. The van der Waals surface area contributed by atoms with Crippen LogP contribution >= 0.6 is 0 Å². The molecule has 0 saturated carbocycles. The summed E-state index contributed by atoms with van der Waals surface area (Å²) < 4.78 is 1.20. The number of pyridine rings is 1. The number of carbonyl (C=O) groups is 1. The van der Waals surface area contributed by atoms with Crippen LogP contribution in [0.5, 0.6) is 0 Å². The van der Waals surface area contributed by atoms with Gasteiger partial charge in [-0.1, -0.05) is 12.1 Å². The fourth-order valence-electron chi connectivity index (χ4n) is 3.67. The third-order valence-electron chi connectivity index (χ3n) is 5.27. The third-order valence-corrected chi connectivity index (χ3v) is 5.27. The summed E-state index contributed by atoms with van der Waals surface area (Å²) in [5.41, 5.74) is -0.158. The van der Waals surface area contributed by atoms with Crippen LogP contribution < -0.4 is 16.0 Å². The number of hydrogen-bond acceptors (Lipinski definition) is 6. The summed E-state index contributed by atoms with van der Waals surface area (Å²) in [7, 11) is 0. The van der Waals surface area contributed by atoms with Gasteiger partial charge in [0.2, 0.25) is 5.91 Å². The summed E-state index contributed by atoms with van der Waals surface area (Å²) in [4.78, 5) is 45.4. The molecule has 1 aliphatic rings. The lowest BCUT2D eigenvalue weighted by Crippen LogP contribution is -2.49. The molecular formula is C21H20N6O3.